The SMILES string of the molecule is C#C.CC.CC.CC.CC.CCCCC.CCCCCCCCCCCCc1cc(-c2ccc(N(c3ccccc3C(C)C)C(CC)C(C)C)cc2)sc1-c1ccc(C=[C-]C#N)s1.C[CH-]C.[K+]. The van der Waals surface area contributed by atoms with E-state index in [1.807, 2.05) is 93.1 Å². The monoisotopic (exact) mass is 978 g/mol. The zero-order chi connectivity index (χ0) is 51.1. The summed E-state index contributed by atoms with van der Waals surface area (Å²) < 4.78 is 0. The molecule has 0 saturated carbocycles. The van der Waals surface area contributed by atoms with Gasteiger partial charge in [-0.05, 0) is 78.1 Å². The van der Waals surface area contributed by atoms with E-state index in [0.29, 0.717) is 17.9 Å². The van der Waals surface area contributed by atoms with Crippen molar-refractivity contribution < 1.29 is 51.4 Å². The Bertz CT molecular complexity index is 1700. The summed E-state index contributed by atoms with van der Waals surface area (Å²) in [5.41, 5.74) is 6.73. The number of hydrogen-bond acceptors (Lipinski definition) is 4. The molecule has 2 heterocycles. The van der Waals surface area contributed by atoms with Gasteiger partial charge in [-0.15, -0.1) is 35.1 Å². The first-order valence-electron chi connectivity index (χ1n) is 26.5. The molecule has 0 aliphatic carbocycles. The first-order valence-corrected chi connectivity index (χ1v) is 28.1. The summed E-state index contributed by atoms with van der Waals surface area (Å²) >= 11 is 3.67. The molecule has 2 aromatic heterocycles. The normalized spacial score (nSPS) is 10.1. The molecule has 0 bridgehead atoms. The van der Waals surface area contributed by atoms with E-state index in [0.717, 1.165) is 17.7 Å². The smallest absolute Gasteiger partial charge is 0.338 e. The largest absolute Gasteiger partial charge is 1.00 e. The van der Waals surface area contributed by atoms with E-state index in [-0.39, 0.29) is 51.4 Å². The van der Waals surface area contributed by atoms with Gasteiger partial charge in [-0.1, -0.05) is 224 Å². The van der Waals surface area contributed by atoms with Crippen LogP contribution in [0.15, 0.2) is 66.7 Å². The second-order valence-electron chi connectivity index (χ2n) is 15.8. The Labute approximate surface area is 470 Å². The number of thiophene rings is 2. The standard InChI is InChI=1S/C44H57N2S2.C5H12.C3H7.4C2H6.C2H2.K/c1-7-9-10-11-12-13-14-15-16-17-21-36-32-43(48-44(36)42-30-29-38(47-42)22-20-31-45)35-25-27-37(28-26-35)46(40(8-2)34(5)6)41-24-19-18-23-39(41)33(3)4;1-3-5-4-2;1-3-2;5*1-2;/h18-19,22-30,32-34,40H,7-17,21H2,1-6H3;3-5H2,1-2H3;3H,1-2H3;4*1-2H3;1-2H;/q-1;;-1;;;;;;+1. The predicted molar refractivity (Wildman–Crippen MR) is 310 cm³/mol. The van der Waals surface area contributed by atoms with Crippen LogP contribution in [0.1, 0.15) is 236 Å². The fourth-order valence-corrected chi connectivity index (χ4v) is 9.47. The van der Waals surface area contributed by atoms with Crippen LogP contribution < -0.4 is 56.3 Å². The van der Waals surface area contributed by atoms with E-state index < -0.39 is 0 Å². The molecule has 0 spiro atoms. The fourth-order valence-electron chi connectivity index (χ4n) is 7.22. The summed E-state index contributed by atoms with van der Waals surface area (Å²) in [7, 11) is 0. The molecule has 2 nitrogen and oxygen atoms in total. The molecule has 0 saturated heterocycles. The summed E-state index contributed by atoms with van der Waals surface area (Å²) in [5.74, 6) is 0.983. The third-order valence-electron chi connectivity index (χ3n) is 10.2. The maximum Gasteiger partial charge on any atom is 1.00 e. The van der Waals surface area contributed by atoms with Crippen molar-refractivity contribution in [2.24, 2.45) is 5.92 Å². The number of rotatable bonds is 22. The molecular formula is C62H102KN2S2-. The number of allylic oxidation sites excluding steroid dienone is 1. The van der Waals surface area contributed by atoms with Crippen molar-refractivity contribution in [3.05, 3.63) is 95.2 Å². The van der Waals surface area contributed by atoms with E-state index in [4.69, 9.17) is 5.26 Å². The van der Waals surface area contributed by atoms with Gasteiger partial charge >= 0.3 is 51.4 Å². The first kappa shape index (κ1) is 74.0. The molecule has 2 aromatic carbocycles. The Hall–Kier alpha value is -1.93. The molecule has 0 aliphatic rings. The molecule has 1 atom stereocenters. The van der Waals surface area contributed by atoms with Gasteiger partial charge in [0.05, 0.1) is 0 Å². The molecule has 0 radical (unpaired) electrons. The van der Waals surface area contributed by atoms with Crippen LogP contribution >= 0.6 is 22.7 Å². The van der Waals surface area contributed by atoms with Crippen molar-refractivity contribution in [1.82, 2.24) is 0 Å². The van der Waals surface area contributed by atoms with Gasteiger partial charge in [0, 0.05) is 32.0 Å². The Morgan fingerprint density at radius 1 is 0.657 bits per heavy atom. The maximum absolute atomic E-state index is 8.99. The number of terminal acetylenes is 1. The van der Waals surface area contributed by atoms with Gasteiger partial charge in [0.25, 0.3) is 0 Å². The Balaban J connectivity index is -0.000000590. The summed E-state index contributed by atoms with van der Waals surface area (Å²) in [5, 5.41) is 8.99. The first-order chi connectivity index (χ1) is 32.2. The molecule has 0 N–H and O–H groups in total. The van der Waals surface area contributed by atoms with Crippen molar-refractivity contribution in [2.75, 3.05) is 4.90 Å². The van der Waals surface area contributed by atoms with Crippen LogP contribution in [0.2, 0.25) is 0 Å². The molecule has 67 heavy (non-hydrogen) atoms. The maximum atomic E-state index is 8.99. The minimum atomic E-state index is 0. The molecule has 5 heteroatoms. The minimum absolute atomic E-state index is 0. The van der Waals surface area contributed by atoms with E-state index in [1.165, 1.54) is 126 Å². The molecule has 4 rings (SSSR count). The van der Waals surface area contributed by atoms with Crippen LogP contribution in [0.25, 0.3) is 26.3 Å². The van der Waals surface area contributed by atoms with Crippen LogP contribution in [0.3, 0.4) is 0 Å². The Morgan fingerprint density at radius 3 is 1.60 bits per heavy atom. The van der Waals surface area contributed by atoms with Gasteiger partial charge in [-0.3, -0.25) is 0 Å². The minimum Gasteiger partial charge on any atom is -0.338 e. The number of nitriles is 1. The van der Waals surface area contributed by atoms with E-state index in [1.54, 1.807) is 17.4 Å². The van der Waals surface area contributed by atoms with Gasteiger partial charge < -0.3 is 11.3 Å². The van der Waals surface area contributed by atoms with Crippen molar-refractivity contribution in [3.63, 3.8) is 0 Å². The number of benzene rings is 2. The number of para-hydroxylation sites is 1. The molecule has 374 valence electrons. The molecule has 0 fully saturated rings. The number of aryl methyl sites for hydroxylation is 1. The number of anilines is 2. The Kier molecular flexibility index (Phi) is 59.0. The van der Waals surface area contributed by atoms with E-state index in [9.17, 15) is 0 Å². The summed E-state index contributed by atoms with van der Waals surface area (Å²) in [6, 6.07) is 27.5. The third kappa shape index (κ3) is 31.8. The average Bonchev–Trinajstić information content (AvgIpc) is 4.02. The summed E-state index contributed by atoms with van der Waals surface area (Å²) in [4.78, 5) is 7.67. The van der Waals surface area contributed by atoms with Gasteiger partial charge in [-0.25, -0.2) is 22.7 Å². The molecule has 4 aromatic rings. The molecule has 1 unspecified atom stereocenters. The van der Waals surface area contributed by atoms with E-state index >= 15 is 0 Å². The molecule has 0 amide bonds. The number of unbranched alkanes of at least 4 members (excludes halogenated alkanes) is 11. The molecule has 0 aliphatic heterocycles. The third-order valence-corrected chi connectivity index (χ3v) is 12.7. The van der Waals surface area contributed by atoms with Crippen LogP contribution in [-0.4, -0.2) is 6.04 Å². The second kappa shape index (κ2) is 53.4. The quantitative estimate of drug-likeness (QED) is 0.0258. The van der Waals surface area contributed by atoms with Crippen molar-refractivity contribution >= 4 is 40.1 Å². The fraction of sp³-hybridized carbons (Fsp3) is 0.581. The van der Waals surface area contributed by atoms with Gasteiger partial charge in [-0.2, -0.15) is 19.9 Å². The van der Waals surface area contributed by atoms with Crippen LogP contribution in [0.4, 0.5) is 11.4 Å². The van der Waals surface area contributed by atoms with Crippen LogP contribution in [0.5, 0.6) is 0 Å². The zero-order valence-corrected chi connectivity index (χ0v) is 52.0. The van der Waals surface area contributed by atoms with Crippen molar-refractivity contribution in [3.8, 4) is 39.1 Å². The Morgan fingerprint density at radius 2 is 1.15 bits per heavy atom. The van der Waals surface area contributed by atoms with Crippen molar-refractivity contribution in [1.29, 1.82) is 5.26 Å². The van der Waals surface area contributed by atoms with Gasteiger partial charge in [0.1, 0.15) is 0 Å². The van der Waals surface area contributed by atoms with E-state index in [2.05, 4.69) is 146 Å². The van der Waals surface area contributed by atoms with Crippen LogP contribution in [-0.2, 0) is 6.42 Å². The predicted octanol–water partition coefficient (Wildman–Crippen LogP) is 19.4. The number of nitrogens with zero attached hydrogens (tertiary/aromatic N) is 2. The van der Waals surface area contributed by atoms with Gasteiger partial charge in [0.15, 0.2) is 0 Å². The zero-order valence-electron chi connectivity index (χ0n) is 47.2. The second-order valence-corrected chi connectivity index (χ2v) is 17.9. The number of hydrogen-bond donors (Lipinski definition) is 0. The average molecular weight is 979 g/mol. The summed E-state index contributed by atoms with van der Waals surface area (Å²) in [6.07, 6.45) is 34.3. The van der Waals surface area contributed by atoms with Gasteiger partial charge in [0.2, 0.25) is 0 Å². The topological polar surface area (TPSA) is 27.0 Å². The van der Waals surface area contributed by atoms with Crippen LogP contribution in [0, 0.1) is 42.6 Å². The molecular weight excluding hydrogens is 876 g/mol. The van der Waals surface area contributed by atoms with Crippen molar-refractivity contribution in [2.45, 2.75) is 233 Å². The summed E-state index contributed by atoms with van der Waals surface area (Å²) in [6.45, 7) is 38.3.